The lowest BCUT2D eigenvalue weighted by molar-refractivity contribution is -0.141. The van der Waals surface area contributed by atoms with Gasteiger partial charge in [0.05, 0.1) is 6.42 Å². The standard InChI is InChI=1S/C4H6FNO3/c5-4(9)2(6)1-3(7)8/h2H,1,6H2,(H,7,8)/t2-/m1/s1. The maximum atomic E-state index is 11.4. The average Bonchev–Trinajstić information content (AvgIpc) is 1.63. The maximum Gasteiger partial charge on any atom is 0.318 e. The van der Waals surface area contributed by atoms with Gasteiger partial charge >= 0.3 is 12.0 Å². The summed E-state index contributed by atoms with van der Waals surface area (Å²) in [5.74, 6) is -1.28. The molecule has 0 aliphatic carbocycles. The van der Waals surface area contributed by atoms with Crippen LogP contribution in [0, 0.1) is 0 Å². The fourth-order valence-corrected chi connectivity index (χ4v) is 0.268. The molecule has 0 fully saturated rings. The van der Waals surface area contributed by atoms with E-state index in [1.54, 1.807) is 0 Å². The summed E-state index contributed by atoms with van der Waals surface area (Å²) in [5.41, 5.74) is 4.71. The van der Waals surface area contributed by atoms with Gasteiger partial charge in [0.15, 0.2) is 0 Å². The number of halogens is 1. The van der Waals surface area contributed by atoms with Gasteiger partial charge in [0.1, 0.15) is 6.04 Å². The normalized spacial score (nSPS) is 12.7. The monoisotopic (exact) mass is 135 g/mol. The first-order valence-electron chi connectivity index (χ1n) is 2.20. The van der Waals surface area contributed by atoms with Crippen molar-refractivity contribution in [3.63, 3.8) is 0 Å². The third kappa shape index (κ3) is 3.60. The van der Waals surface area contributed by atoms with Gasteiger partial charge in [-0.2, -0.15) is 4.39 Å². The molecule has 0 aliphatic rings. The highest BCUT2D eigenvalue weighted by Gasteiger charge is 2.15. The Balaban J connectivity index is 3.63. The molecule has 0 aromatic carbocycles. The van der Waals surface area contributed by atoms with Gasteiger partial charge < -0.3 is 10.8 Å². The van der Waals surface area contributed by atoms with Crippen LogP contribution in [-0.4, -0.2) is 23.2 Å². The second-order valence-electron chi connectivity index (χ2n) is 1.51. The fraction of sp³-hybridized carbons (Fsp3) is 0.500. The van der Waals surface area contributed by atoms with Gasteiger partial charge in [-0.25, -0.2) is 0 Å². The van der Waals surface area contributed by atoms with Crippen LogP contribution in [0.3, 0.4) is 0 Å². The zero-order valence-corrected chi connectivity index (χ0v) is 4.50. The minimum atomic E-state index is -1.79. The molecule has 0 heterocycles. The smallest absolute Gasteiger partial charge is 0.318 e. The lowest BCUT2D eigenvalue weighted by Crippen LogP contribution is -2.29. The molecule has 0 bridgehead atoms. The Bertz CT molecular complexity index is 136. The van der Waals surface area contributed by atoms with Crippen LogP contribution in [0.5, 0.6) is 0 Å². The van der Waals surface area contributed by atoms with Crippen molar-refractivity contribution in [1.82, 2.24) is 0 Å². The van der Waals surface area contributed by atoms with Crippen molar-refractivity contribution in [2.24, 2.45) is 5.73 Å². The molecule has 3 N–H and O–H groups in total. The van der Waals surface area contributed by atoms with Crippen molar-refractivity contribution in [2.45, 2.75) is 12.5 Å². The van der Waals surface area contributed by atoms with Gasteiger partial charge in [0, 0.05) is 0 Å². The molecule has 52 valence electrons. The molecule has 1 atom stereocenters. The molecule has 9 heavy (non-hydrogen) atoms. The van der Waals surface area contributed by atoms with Gasteiger partial charge in [-0.3, -0.25) is 9.59 Å². The van der Waals surface area contributed by atoms with Crippen molar-refractivity contribution in [2.75, 3.05) is 0 Å². The van der Waals surface area contributed by atoms with E-state index in [9.17, 15) is 14.0 Å². The molecule has 0 aromatic heterocycles. The first-order valence-corrected chi connectivity index (χ1v) is 2.20. The van der Waals surface area contributed by atoms with E-state index in [4.69, 9.17) is 10.8 Å². The molecule has 0 spiro atoms. The second-order valence-corrected chi connectivity index (χ2v) is 1.51. The number of carboxylic acid groups (broad SMARTS) is 1. The molecule has 0 aromatic rings. The summed E-state index contributed by atoms with van der Waals surface area (Å²) >= 11 is 0. The molecular weight excluding hydrogens is 129 g/mol. The summed E-state index contributed by atoms with van der Waals surface area (Å²) < 4.78 is 11.4. The molecule has 4 nitrogen and oxygen atoms in total. The molecule has 0 saturated heterocycles. The summed E-state index contributed by atoms with van der Waals surface area (Å²) in [5, 5.41) is 7.93. The molecule has 0 unspecified atom stereocenters. The van der Waals surface area contributed by atoms with E-state index in [1.807, 2.05) is 0 Å². The van der Waals surface area contributed by atoms with E-state index in [1.165, 1.54) is 0 Å². The van der Waals surface area contributed by atoms with Gasteiger partial charge in [-0.05, 0) is 0 Å². The van der Waals surface area contributed by atoms with E-state index < -0.39 is 24.5 Å². The van der Waals surface area contributed by atoms with Gasteiger partial charge in [0.2, 0.25) is 0 Å². The Kier molecular flexibility index (Phi) is 2.80. The Hall–Kier alpha value is -0.970. The second kappa shape index (κ2) is 3.13. The number of nitrogens with two attached hydrogens (primary N) is 1. The highest BCUT2D eigenvalue weighted by Crippen LogP contribution is 1.89. The number of aliphatic carboxylic acids is 1. The number of carbonyl (C=O) groups excluding carboxylic acids is 1. The van der Waals surface area contributed by atoms with Crippen molar-refractivity contribution in [3.8, 4) is 0 Å². The van der Waals surface area contributed by atoms with Crippen LogP contribution >= 0.6 is 0 Å². The van der Waals surface area contributed by atoms with E-state index in [-0.39, 0.29) is 0 Å². The predicted octanol–water partition coefficient (Wildman–Crippen LogP) is -0.716. The van der Waals surface area contributed by atoms with Crippen molar-refractivity contribution >= 4 is 12.0 Å². The topological polar surface area (TPSA) is 80.4 Å². The highest BCUT2D eigenvalue weighted by atomic mass is 19.1. The number of carbonyl (C=O) groups is 2. The van der Waals surface area contributed by atoms with Gasteiger partial charge in [0.25, 0.3) is 0 Å². The Morgan fingerprint density at radius 1 is 1.67 bits per heavy atom. The Labute approximate surface area is 50.5 Å². The molecule has 0 rings (SSSR count). The van der Waals surface area contributed by atoms with E-state index in [0.29, 0.717) is 0 Å². The summed E-state index contributed by atoms with van der Waals surface area (Å²) in [6.07, 6.45) is -0.657. The predicted molar refractivity (Wildman–Crippen MR) is 26.3 cm³/mol. The quantitative estimate of drug-likeness (QED) is 0.500. The Morgan fingerprint density at radius 2 is 2.11 bits per heavy atom. The number of hydrogen-bond acceptors (Lipinski definition) is 3. The molecule has 0 saturated carbocycles. The molecular formula is C4H6FNO3. The Morgan fingerprint density at radius 3 is 2.22 bits per heavy atom. The summed E-state index contributed by atoms with van der Waals surface area (Å²) in [4.78, 5) is 19.3. The van der Waals surface area contributed by atoms with Crippen molar-refractivity contribution < 1.29 is 19.1 Å². The SMILES string of the molecule is N[C@H](CC(=O)O)C(=O)F. The minimum Gasteiger partial charge on any atom is -0.481 e. The highest BCUT2D eigenvalue weighted by molar-refractivity contribution is 5.80. The molecule has 5 heteroatoms. The molecule has 0 aliphatic heterocycles. The average molecular weight is 135 g/mol. The summed E-state index contributed by atoms with van der Waals surface area (Å²) in [6.45, 7) is 0. The first kappa shape index (κ1) is 8.03. The number of hydrogen-bond donors (Lipinski definition) is 2. The van der Waals surface area contributed by atoms with Gasteiger partial charge in [-0.15, -0.1) is 0 Å². The van der Waals surface area contributed by atoms with Crippen LogP contribution in [0.25, 0.3) is 0 Å². The minimum absolute atomic E-state index is 0.657. The van der Waals surface area contributed by atoms with E-state index >= 15 is 0 Å². The number of rotatable bonds is 3. The first-order chi connectivity index (χ1) is 4.04. The number of carboxylic acids is 1. The maximum absolute atomic E-state index is 11.4. The lowest BCUT2D eigenvalue weighted by Gasteiger charge is -1.97. The van der Waals surface area contributed by atoms with Crippen LogP contribution in [0.4, 0.5) is 4.39 Å². The molecule has 0 amide bonds. The zero-order valence-electron chi connectivity index (χ0n) is 4.50. The van der Waals surface area contributed by atoms with E-state index in [0.717, 1.165) is 0 Å². The summed E-state index contributed by atoms with van der Waals surface area (Å²) in [7, 11) is 0. The molecule has 0 radical (unpaired) electrons. The largest absolute Gasteiger partial charge is 0.481 e. The third-order valence-corrected chi connectivity index (χ3v) is 0.686. The van der Waals surface area contributed by atoms with Crippen LogP contribution in [0.2, 0.25) is 0 Å². The van der Waals surface area contributed by atoms with Crippen molar-refractivity contribution in [1.29, 1.82) is 0 Å². The third-order valence-electron chi connectivity index (χ3n) is 0.686. The van der Waals surface area contributed by atoms with Gasteiger partial charge in [-0.1, -0.05) is 0 Å². The van der Waals surface area contributed by atoms with Crippen molar-refractivity contribution in [3.05, 3.63) is 0 Å². The van der Waals surface area contributed by atoms with Crippen LogP contribution < -0.4 is 5.73 Å². The van der Waals surface area contributed by atoms with Crippen LogP contribution in [-0.2, 0) is 9.59 Å². The van der Waals surface area contributed by atoms with Crippen LogP contribution in [0.15, 0.2) is 0 Å². The summed E-state index contributed by atoms with van der Waals surface area (Å²) in [6, 6.07) is -3.31. The van der Waals surface area contributed by atoms with E-state index in [2.05, 4.69) is 0 Å². The zero-order chi connectivity index (χ0) is 7.44. The fourth-order valence-electron chi connectivity index (χ4n) is 0.268. The van der Waals surface area contributed by atoms with Crippen LogP contribution in [0.1, 0.15) is 6.42 Å². The lowest BCUT2D eigenvalue weighted by atomic mass is 10.2.